The average molecular weight is 461 g/mol. The van der Waals surface area contributed by atoms with Gasteiger partial charge in [-0.3, -0.25) is 0 Å². The van der Waals surface area contributed by atoms with Gasteiger partial charge in [0.15, 0.2) is 6.61 Å². The first-order chi connectivity index (χ1) is 15.5. The van der Waals surface area contributed by atoms with E-state index in [1.54, 1.807) is 6.07 Å². The van der Waals surface area contributed by atoms with E-state index < -0.39 is 24.3 Å². The molecule has 1 aromatic heterocycles. The zero-order valence-electron chi connectivity index (χ0n) is 18.9. The highest BCUT2D eigenvalue weighted by Gasteiger charge is 2.30. The molecular weight excluding hydrogens is 435 g/mol. The fourth-order valence-electron chi connectivity index (χ4n) is 3.62. The molecule has 1 atom stereocenters. The Morgan fingerprint density at radius 3 is 2.33 bits per heavy atom. The van der Waals surface area contributed by atoms with Crippen LogP contribution in [0.5, 0.6) is 5.75 Å². The first-order valence-electron chi connectivity index (χ1n) is 10.6. The summed E-state index contributed by atoms with van der Waals surface area (Å²) in [6.07, 6.45) is -3.76. The third-order valence-electron chi connectivity index (χ3n) is 5.27. The van der Waals surface area contributed by atoms with Crippen molar-refractivity contribution in [3.63, 3.8) is 0 Å². The Balaban J connectivity index is 1.83. The van der Waals surface area contributed by atoms with Crippen molar-refractivity contribution in [2.45, 2.75) is 52.1 Å². The summed E-state index contributed by atoms with van der Waals surface area (Å²) >= 11 is 0. The lowest BCUT2D eigenvalue weighted by molar-refractivity contribution is -0.139. The van der Waals surface area contributed by atoms with Crippen LogP contribution >= 0.6 is 0 Å². The van der Waals surface area contributed by atoms with Crippen molar-refractivity contribution in [1.82, 2.24) is 4.98 Å². The van der Waals surface area contributed by atoms with Crippen LogP contribution in [0.1, 0.15) is 60.8 Å². The average Bonchev–Trinajstić information content (AvgIpc) is 3.18. The largest absolute Gasteiger partial charge is 0.482 e. The maximum Gasteiger partial charge on any atom is 0.416 e. The number of ether oxygens (including phenoxy) is 1. The summed E-state index contributed by atoms with van der Waals surface area (Å²) < 4.78 is 49.9. The van der Waals surface area contributed by atoms with Crippen LogP contribution in [0.25, 0.3) is 11.5 Å². The molecular formula is C25H26F3NO4. The Kier molecular flexibility index (Phi) is 7.15. The van der Waals surface area contributed by atoms with Crippen molar-refractivity contribution in [2.75, 3.05) is 6.61 Å². The molecule has 0 aliphatic carbocycles. The first kappa shape index (κ1) is 24.4. The monoisotopic (exact) mass is 461 g/mol. The molecule has 3 aromatic rings. The Labute approximate surface area is 190 Å². The molecule has 176 valence electrons. The van der Waals surface area contributed by atoms with Gasteiger partial charge in [0.1, 0.15) is 11.5 Å². The minimum atomic E-state index is -4.40. The zero-order valence-corrected chi connectivity index (χ0v) is 18.9. The molecule has 33 heavy (non-hydrogen) atoms. The summed E-state index contributed by atoms with van der Waals surface area (Å²) in [5.74, 6) is 0.501. The predicted octanol–water partition coefficient (Wildman–Crippen LogP) is 6.60. The Bertz CT molecular complexity index is 1120. The van der Waals surface area contributed by atoms with Crippen molar-refractivity contribution < 1.29 is 32.2 Å². The van der Waals surface area contributed by atoms with Gasteiger partial charge in [-0.1, -0.05) is 32.9 Å². The van der Waals surface area contributed by atoms with E-state index in [0.717, 1.165) is 29.0 Å². The lowest BCUT2D eigenvalue weighted by Crippen LogP contribution is -2.10. The van der Waals surface area contributed by atoms with E-state index in [2.05, 4.69) is 4.98 Å². The second-order valence-electron chi connectivity index (χ2n) is 8.39. The molecule has 0 bridgehead atoms. The fourth-order valence-corrected chi connectivity index (χ4v) is 3.62. The molecule has 0 saturated heterocycles. The number of benzene rings is 2. The molecule has 0 unspecified atom stereocenters. The van der Waals surface area contributed by atoms with Crippen LogP contribution in [-0.4, -0.2) is 22.7 Å². The Morgan fingerprint density at radius 2 is 1.79 bits per heavy atom. The van der Waals surface area contributed by atoms with Crippen LogP contribution in [0.4, 0.5) is 13.2 Å². The molecule has 0 aliphatic heterocycles. The minimum Gasteiger partial charge on any atom is -0.482 e. The molecule has 1 N–H and O–H groups in total. The summed E-state index contributed by atoms with van der Waals surface area (Å²) in [4.78, 5) is 15.3. The summed E-state index contributed by atoms with van der Waals surface area (Å²) in [6, 6.07) is 10.3. The number of oxazole rings is 1. The number of carbonyl (C=O) groups is 1. The van der Waals surface area contributed by atoms with Crippen molar-refractivity contribution in [3.05, 3.63) is 70.6 Å². The normalized spacial score (nSPS) is 12.7. The number of nitrogens with zero attached hydrogens (tertiary/aromatic N) is 1. The van der Waals surface area contributed by atoms with Crippen LogP contribution in [0.2, 0.25) is 0 Å². The SMILES string of the molecule is Cc1cc(C[C@@H](C)c2oc(-c3ccc(C(F)(F)F)cc3)nc2C(C)C)ccc1OCC(=O)O. The zero-order chi connectivity index (χ0) is 24.3. The molecule has 1 heterocycles. The van der Waals surface area contributed by atoms with Gasteiger partial charge in [-0.05, 0) is 60.7 Å². The van der Waals surface area contributed by atoms with Crippen molar-refractivity contribution in [1.29, 1.82) is 0 Å². The van der Waals surface area contributed by atoms with E-state index >= 15 is 0 Å². The fraction of sp³-hybridized carbons (Fsp3) is 0.360. The maximum atomic E-state index is 12.9. The highest BCUT2D eigenvalue weighted by atomic mass is 19.4. The molecule has 2 aromatic carbocycles. The third kappa shape index (κ3) is 5.94. The lowest BCUT2D eigenvalue weighted by atomic mass is 9.94. The minimum absolute atomic E-state index is 0.0386. The number of rotatable bonds is 8. The molecule has 0 spiro atoms. The van der Waals surface area contributed by atoms with Crippen LogP contribution in [-0.2, 0) is 17.4 Å². The smallest absolute Gasteiger partial charge is 0.416 e. The van der Waals surface area contributed by atoms with Crippen LogP contribution in [0, 0.1) is 6.92 Å². The highest BCUT2D eigenvalue weighted by molar-refractivity contribution is 5.68. The number of aryl methyl sites for hydroxylation is 1. The quantitative estimate of drug-likeness (QED) is 0.409. The predicted molar refractivity (Wildman–Crippen MR) is 117 cm³/mol. The Hall–Kier alpha value is -3.29. The van der Waals surface area contributed by atoms with Gasteiger partial charge in [0.05, 0.1) is 11.3 Å². The van der Waals surface area contributed by atoms with Gasteiger partial charge in [-0.25, -0.2) is 9.78 Å². The van der Waals surface area contributed by atoms with Gasteiger partial charge >= 0.3 is 12.1 Å². The van der Waals surface area contributed by atoms with Crippen molar-refractivity contribution in [2.24, 2.45) is 0 Å². The molecule has 0 aliphatic rings. The van der Waals surface area contributed by atoms with E-state index in [-0.39, 0.29) is 11.8 Å². The molecule has 0 saturated carbocycles. The standard InChI is InChI=1S/C25H26F3NO4/c1-14(2)22-23(33-24(29-22)18-6-8-19(9-7-18)25(26,27)28)16(4)12-17-5-10-20(15(3)11-17)32-13-21(30)31/h5-11,14,16H,12-13H2,1-4H3,(H,30,31)/t16-/m1/s1. The number of carboxylic acid groups (broad SMARTS) is 1. The number of hydrogen-bond acceptors (Lipinski definition) is 4. The Morgan fingerprint density at radius 1 is 1.12 bits per heavy atom. The van der Waals surface area contributed by atoms with Crippen LogP contribution in [0.3, 0.4) is 0 Å². The number of hydrogen-bond donors (Lipinski definition) is 1. The first-order valence-corrected chi connectivity index (χ1v) is 10.6. The van der Waals surface area contributed by atoms with Gasteiger partial charge in [0, 0.05) is 11.5 Å². The molecule has 3 rings (SSSR count). The number of carboxylic acids is 1. The maximum absolute atomic E-state index is 12.9. The van der Waals surface area contributed by atoms with E-state index in [4.69, 9.17) is 14.3 Å². The van der Waals surface area contributed by atoms with Gasteiger partial charge in [0.25, 0.3) is 0 Å². The number of halogens is 3. The molecule has 0 amide bonds. The van der Waals surface area contributed by atoms with Crippen molar-refractivity contribution >= 4 is 5.97 Å². The summed E-state index contributed by atoms with van der Waals surface area (Å²) in [7, 11) is 0. The van der Waals surface area contributed by atoms with Gasteiger partial charge in [0.2, 0.25) is 5.89 Å². The molecule has 8 heteroatoms. The summed E-state index contributed by atoms with van der Waals surface area (Å²) in [6.45, 7) is 7.43. The number of alkyl halides is 3. The van der Waals surface area contributed by atoms with Gasteiger partial charge < -0.3 is 14.3 Å². The van der Waals surface area contributed by atoms with E-state index in [1.807, 2.05) is 39.8 Å². The summed E-state index contributed by atoms with van der Waals surface area (Å²) in [5.41, 5.74) is 2.38. The van der Waals surface area contributed by atoms with Crippen LogP contribution < -0.4 is 4.74 Å². The topological polar surface area (TPSA) is 72.6 Å². The number of aliphatic carboxylic acids is 1. The second-order valence-corrected chi connectivity index (χ2v) is 8.39. The van der Waals surface area contributed by atoms with Crippen LogP contribution in [0.15, 0.2) is 46.9 Å². The summed E-state index contributed by atoms with van der Waals surface area (Å²) in [5, 5.41) is 8.78. The van der Waals surface area contributed by atoms with Crippen molar-refractivity contribution in [3.8, 4) is 17.2 Å². The third-order valence-corrected chi connectivity index (χ3v) is 5.27. The van der Waals surface area contributed by atoms with Gasteiger partial charge in [-0.2, -0.15) is 13.2 Å². The van der Waals surface area contributed by atoms with E-state index in [9.17, 15) is 18.0 Å². The lowest BCUT2D eigenvalue weighted by Gasteiger charge is -2.14. The second kappa shape index (κ2) is 9.68. The van der Waals surface area contributed by atoms with E-state index in [0.29, 0.717) is 29.4 Å². The highest BCUT2D eigenvalue weighted by Crippen LogP contribution is 2.35. The molecule has 0 fully saturated rings. The molecule has 5 nitrogen and oxygen atoms in total. The van der Waals surface area contributed by atoms with Gasteiger partial charge in [-0.15, -0.1) is 0 Å². The number of aromatic nitrogens is 1. The molecule has 0 radical (unpaired) electrons. The van der Waals surface area contributed by atoms with E-state index in [1.165, 1.54) is 12.1 Å².